The van der Waals surface area contributed by atoms with Gasteiger partial charge in [0.05, 0.1) is 0 Å². The lowest BCUT2D eigenvalue weighted by Crippen LogP contribution is -2.29. The Hall–Kier alpha value is 0.250. The van der Waals surface area contributed by atoms with E-state index in [9.17, 15) is 0 Å². The number of nitrogens with one attached hydrogen (secondary N) is 1. The van der Waals surface area contributed by atoms with Crippen LogP contribution in [0.1, 0.15) is 78.1 Å². The summed E-state index contributed by atoms with van der Waals surface area (Å²) in [6.45, 7) is 4.57. The van der Waals surface area contributed by atoms with E-state index in [1.807, 2.05) is 0 Å². The number of unbranched alkanes of at least 4 members (excludes halogenated alkanes) is 4. The van der Waals surface area contributed by atoms with E-state index in [0.717, 1.165) is 12.1 Å². The number of hydrogen-bond acceptors (Lipinski definition) is 1. The molecule has 1 saturated heterocycles. The molecular formula is C14H30ClN. The summed E-state index contributed by atoms with van der Waals surface area (Å²) < 4.78 is 0. The Labute approximate surface area is 108 Å². The van der Waals surface area contributed by atoms with Gasteiger partial charge in [-0.05, 0) is 25.7 Å². The Morgan fingerprint density at radius 2 is 1.25 bits per heavy atom. The van der Waals surface area contributed by atoms with Crippen LogP contribution in [-0.2, 0) is 0 Å². The van der Waals surface area contributed by atoms with Gasteiger partial charge in [-0.1, -0.05) is 52.4 Å². The van der Waals surface area contributed by atoms with Crippen molar-refractivity contribution in [2.45, 2.75) is 90.1 Å². The molecule has 2 atom stereocenters. The van der Waals surface area contributed by atoms with Crippen molar-refractivity contribution in [2.24, 2.45) is 0 Å². The lowest BCUT2D eigenvalue weighted by Gasteiger charge is -2.13. The number of rotatable bonds is 8. The van der Waals surface area contributed by atoms with Crippen LogP contribution in [0.4, 0.5) is 0 Å². The van der Waals surface area contributed by atoms with Crippen molar-refractivity contribution in [3.8, 4) is 0 Å². The summed E-state index contributed by atoms with van der Waals surface area (Å²) in [4.78, 5) is 0. The normalized spacial score (nSPS) is 24.4. The first-order chi connectivity index (χ1) is 7.36. The lowest BCUT2D eigenvalue weighted by molar-refractivity contribution is 0.461. The van der Waals surface area contributed by atoms with E-state index in [4.69, 9.17) is 0 Å². The first-order valence-corrected chi connectivity index (χ1v) is 7.12. The fourth-order valence-corrected chi connectivity index (χ4v) is 2.64. The summed E-state index contributed by atoms with van der Waals surface area (Å²) >= 11 is 0. The summed E-state index contributed by atoms with van der Waals surface area (Å²) in [5.74, 6) is 0. The van der Waals surface area contributed by atoms with Gasteiger partial charge in [0.25, 0.3) is 0 Å². The molecule has 1 heterocycles. The summed E-state index contributed by atoms with van der Waals surface area (Å²) in [6.07, 6.45) is 14.1. The van der Waals surface area contributed by atoms with Gasteiger partial charge in [0.1, 0.15) is 0 Å². The van der Waals surface area contributed by atoms with Crippen LogP contribution in [0.2, 0.25) is 0 Å². The molecule has 1 fully saturated rings. The molecule has 0 aromatic rings. The second-order valence-electron chi connectivity index (χ2n) is 5.13. The molecule has 16 heavy (non-hydrogen) atoms. The lowest BCUT2D eigenvalue weighted by atomic mass is 10.1. The molecule has 0 bridgehead atoms. The molecule has 0 aromatic heterocycles. The van der Waals surface area contributed by atoms with Crippen LogP contribution in [0.3, 0.4) is 0 Å². The zero-order valence-corrected chi connectivity index (χ0v) is 12.0. The third-order valence-electron chi connectivity index (χ3n) is 3.65. The highest BCUT2D eigenvalue weighted by atomic mass is 35.5. The molecule has 0 spiro atoms. The fraction of sp³-hybridized carbons (Fsp3) is 1.00. The molecular weight excluding hydrogens is 218 g/mol. The largest absolute Gasteiger partial charge is 0.311 e. The summed E-state index contributed by atoms with van der Waals surface area (Å²) in [5.41, 5.74) is 0. The molecule has 1 nitrogen and oxygen atoms in total. The van der Waals surface area contributed by atoms with Crippen molar-refractivity contribution < 1.29 is 0 Å². The molecule has 1 rings (SSSR count). The van der Waals surface area contributed by atoms with Gasteiger partial charge in [-0.25, -0.2) is 0 Å². The van der Waals surface area contributed by atoms with Crippen LogP contribution < -0.4 is 5.32 Å². The highest BCUT2D eigenvalue weighted by Gasteiger charge is 2.22. The molecule has 1 aliphatic heterocycles. The van der Waals surface area contributed by atoms with Gasteiger partial charge in [-0.3, -0.25) is 0 Å². The molecule has 0 radical (unpaired) electrons. The zero-order valence-electron chi connectivity index (χ0n) is 11.1. The van der Waals surface area contributed by atoms with Crippen molar-refractivity contribution in [1.29, 1.82) is 0 Å². The van der Waals surface area contributed by atoms with E-state index in [1.165, 1.54) is 64.2 Å². The summed E-state index contributed by atoms with van der Waals surface area (Å²) in [7, 11) is 0. The SMILES string of the molecule is CCCCC[C@@H]1CC[C@@H](CCCCC)N1.Cl. The second kappa shape index (κ2) is 10.4. The van der Waals surface area contributed by atoms with Crippen LogP contribution in [0.15, 0.2) is 0 Å². The second-order valence-corrected chi connectivity index (χ2v) is 5.13. The van der Waals surface area contributed by atoms with Crippen molar-refractivity contribution in [3.05, 3.63) is 0 Å². The topological polar surface area (TPSA) is 12.0 Å². The van der Waals surface area contributed by atoms with Crippen molar-refractivity contribution in [3.63, 3.8) is 0 Å². The van der Waals surface area contributed by atoms with Crippen LogP contribution in [0.5, 0.6) is 0 Å². The molecule has 0 unspecified atom stereocenters. The van der Waals surface area contributed by atoms with Gasteiger partial charge < -0.3 is 5.32 Å². The Balaban J connectivity index is 0.00000225. The average molecular weight is 248 g/mol. The molecule has 0 aliphatic carbocycles. The maximum Gasteiger partial charge on any atom is 0.00702 e. The van der Waals surface area contributed by atoms with Gasteiger partial charge in [0.15, 0.2) is 0 Å². The highest BCUT2D eigenvalue weighted by Crippen LogP contribution is 2.21. The molecule has 0 aromatic carbocycles. The quantitative estimate of drug-likeness (QED) is 0.614. The van der Waals surface area contributed by atoms with Crippen LogP contribution in [-0.4, -0.2) is 12.1 Å². The van der Waals surface area contributed by atoms with E-state index in [1.54, 1.807) is 0 Å². The van der Waals surface area contributed by atoms with Gasteiger partial charge in [0.2, 0.25) is 0 Å². The number of halogens is 1. The smallest absolute Gasteiger partial charge is 0.00702 e. The molecule has 2 heteroatoms. The predicted octanol–water partition coefficient (Wildman–Crippen LogP) is 4.69. The van der Waals surface area contributed by atoms with E-state index in [0.29, 0.717) is 0 Å². The Kier molecular flexibility index (Phi) is 10.6. The Bertz CT molecular complexity index is 134. The monoisotopic (exact) mass is 247 g/mol. The van der Waals surface area contributed by atoms with E-state index >= 15 is 0 Å². The van der Waals surface area contributed by atoms with Gasteiger partial charge in [0, 0.05) is 12.1 Å². The van der Waals surface area contributed by atoms with Gasteiger partial charge >= 0.3 is 0 Å². The van der Waals surface area contributed by atoms with Crippen LogP contribution in [0.25, 0.3) is 0 Å². The van der Waals surface area contributed by atoms with Gasteiger partial charge in [-0.15, -0.1) is 12.4 Å². The van der Waals surface area contributed by atoms with Crippen LogP contribution >= 0.6 is 12.4 Å². The Morgan fingerprint density at radius 3 is 1.62 bits per heavy atom. The molecule has 0 amide bonds. The first-order valence-electron chi connectivity index (χ1n) is 7.12. The first kappa shape index (κ1) is 16.2. The fourth-order valence-electron chi connectivity index (χ4n) is 2.64. The molecule has 0 saturated carbocycles. The van der Waals surface area contributed by atoms with Crippen molar-refractivity contribution in [1.82, 2.24) is 5.32 Å². The maximum absolute atomic E-state index is 3.81. The van der Waals surface area contributed by atoms with Crippen molar-refractivity contribution >= 4 is 12.4 Å². The van der Waals surface area contributed by atoms with Crippen LogP contribution in [0, 0.1) is 0 Å². The van der Waals surface area contributed by atoms with Crippen molar-refractivity contribution in [2.75, 3.05) is 0 Å². The average Bonchev–Trinajstić information content (AvgIpc) is 2.67. The summed E-state index contributed by atoms with van der Waals surface area (Å²) in [6, 6.07) is 1.70. The molecule has 1 aliphatic rings. The molecule has 1 N–H and O–H groups in total. The van der Waals surface area contributed by atoms with E-state index in [2.05, 4.69) is 19.2 Å². The third kappa shape index (κ3) is 6.75. The highest BCUT2D eigenvalue weighted by molar-refractivity contribution is 5.85. The zero-order chi connectivity index (χ0) is 10.9. The minimum Gasteiger partial charge on any atom is -0.311 e. The number of hydrogen-bond donors (Lipinski definition) is 1. The third-order valence-corrected chi connectivity index (χ3v) is 3.65. The minimum atomic E-state index is 0. The Morgan fingerprint density at radius 1 is 0.812 bits per heavy atom. The maximum atomic E-state index is 3.81. The van der Waals surface area contributed by atoms with Gasteiger partial charge in [-0.2, -0.15) is 0 Å². The summed E-state index contributed by atoms with van der Waals surface area (Å²) in [5, 5.41) is 3.81. The standard InChI is InChI=1S/C14H29N.ClH/c1-3-5-7-9-13-11-12-14(15-13)10-8-6-4-2;/h13-15H,3-12H2,1-2H3;1H/t13-,14-;/m1./s1. The predicted molar refractivity (Wildman–Crippen MR) is 75.5 cm³/mol. The van der Waals surface area contributed by atoms with E-state index < -0.39 is 0 Å². The van der Waals surface area contributed by atoms with E-state index in [-0.39, 0.29) is 12.4 Å². The minimum absolute atomic E-state index is 0. The molecule has 98 valence electrons.